The van der Waals surface area contributed by atoms with Crippen molar-refractivity contribution in [1.29, 1.82) is 0 Å². The summed E-state index contributed by atoms with van der Waals surface area (Å²) in [6.45, 7) is 0.571. The highest BCUT2D eigenvalue weighted by Crippen LogP contribution is 2.55. The molecular weight excluding hydrogens is 244 g/mol. The van der Waals surface area contributed by atoms with Gasteiger partial charge in [-0.3, -0.25) is 9.59 Å². The molecular formula is C14H16N2O3. The molecule has 7 rings (SSSR count). The fourth-order valence-electron chi connectivity index (χ4n) is 4.04. The van der Waals surface area contributed by atoms with Crippen molar-refractivity contribution < 1.29 is 14.3 Å². The highest BCUT2D eigenvalue weighted by molar-refractivity contribution is 6.00. The Balaban J connectivity index is 2.06. The lowest BCUT2D eigenvalue weighted by molar-refractivity contribution is -0.162. The van der Waals surface area contributed by atoms with E-state index in [9.17, 15) is 9.59 Å². The first kappa shape index (κ1) is 11.2. The standard InChI is InChI=1S/C14H16N2O3/c1-15-9-3-5-13(11(15)17)7-19-8-14(13)6-4-10(9)16(2)12(14)18/h3-6,9-10H,7-8H2,1-2H3/t9-,10+,13+,14-. The normalized spacial score (nSPS) is 46.8. The molecule has 0 aromatic carbocycles. The fourth-order valence-corrected chi connectivity index (χ4v) is 4.04. The van der Waals surface area contributed by atoms with Crippen LogP contribution in [0.4, 0.5) is 0 Å². The lowest BCUT2D eigenvalue weighted by Gasteiger charge is -2.54. The molecule has 0 aromatic heterocycles. The molecule has 6 heterocycles. The van der Waals surface area contributed by atoms with Gasteiger partial charge in [0.2, 0.25) is 11.8 Å². The molecule has 5 heteroatoms. The summed E-state index contributed by atoms with van der Waals surface area (Å²) >= 11 is 0. The van der Waals surface area contributed by atoms with E-state index in [4.69, 9.17) is 4.74 Å². The van der Waals surface area contributed by atoms with Gasteiger partial charge in [-0.2, -0.15) is 0 Å². The number of rotatable bonds is 0. The zero-order valence-corrected chi connectivity index (χ0v) is 11.0. The third-order valence-corrected chi connectivity index (χ3v) is 5.26. The SMILES string of the molecule is CN1C(=O)[C@@]23C=C[C@@H]1[C@@H]1C=C[C@@]2(COC3)C(=O)N1C. The van der Waals surface area contributed by atoms with Crippen LogP contribution in [-0.4, -0.2) is 61.0 Å². The van der Waals surface area contributed by atoms with Gasteiger partial charge in [-0.1, -0.05) is 24.3 Å². The van der Waals surface area contributed by atoms with Crippen LogP contribution >= 0.6 is 0 Å². The number of amides is 2. The number of likely N-dealkylation sites (N-methyl/N-ethyl adjacent to an activating group) is 2. The topological polar surface area (TPSA) is 49.9 Å². The van der Waals surface area contributed by atoms with Gasteiger partial charge in [0.25, 0.3) is 0 Å². The zero-order chi connectivity index (χ0) is 13.4. The van der Waals surface area contributed by atoms with Gasteiger partial charge in [-0.05, 0) is 0 Å². The minimum atomic E-state index is -0.856. The summed E-state index contributed by atoms with van der Waals surface area (Å²) in [7, 11) is 3.63. The van der Waals surface area contributed by atoms with E-state index in [2.05, 4.69) is 12.2 Å². The molecule has 2 fully saturated rings. The molecule has 19 heavy (non-hydrogen) atoms. The number of hydrogen-bond acceptors (Lipinski definition) is 3. The minimum absolute atomic E-state index is 0.00769. The summed E-state index contributed by atoms with van der Waals surface area (Å²) < 4.78 is 5.58. The second-order valence-electron chi connectivity index (χ2n) is 5.97. The van der Waals surface area contributed by atoms with Crippen LogP contribution in [0.2, 0.25) is 0 Å². The van der Waals surface area contributed by atoms with Crippen LogP contribution in [0.1, 0.15) is 0 Å². The van der Waals surface area contributed by atoms with Crippen molar-refractivity contribution >= 4 is 11.8 Å². The second-order valence-corrected chi connectivity index (χ2v) is 5.97. The summed E-state index contributed by atoms with van der Waals surface area (Å²) in [5.74, 6) is 0.0154. The quantitative estimate of drug-likeness (QED) is 0.567. The van der Waals surface area contributed by atoms with Crippen molar-refractivity contribution in [2.24, 2.45) is 10.8 Å². The van der Waals surface area contributed by atoms with Gasteiger partial charge in [-0.15, -0.1) is 0 Å². The van der Waals surface area contributed by atoms with E-state index in [0.717, 1.165) is 0 Å². The monoisotopic (exact) mass is 260 g/mol. The van der Waals surface area contributed by atoms with E-state index >= 15 is 0 Å². The average Bonchev–Trinajstić information content (AvgIpc) is 2.72. The predicted octanol–water partition coefficient (Wildman–Crippen LogP) is -0.203. The van der Waals surface area contributed by atoms with Crippen LogP contribution in [-0.2, 0) is 14.3 Å². The van der Waals surface area contributed by atoms with Crippen LogP contribution in [0, 0.1) is 10.8 Å². The summed E-state index contributed by atoms with van der Waals surface area (Å²) in [6, 6.07) is -0.163. The van der Waals surface area contributed by atoms with Gasteiger partial charge >= 0.3 is 0 Å². The van der Waals surface area contributed by atoms with Gasteiger partial charge < -0.3 is 14.5 Å². The first-order valence-electron chi connectivity index (χ1n) is 6.54. The third kappa shape index (κ3) is 0.961. The van der Waals surface area contributed by atoms with Gasteiger partial charge in [-0.25, -0.2) is 0 Å². The first-order valence-corrected chi connectivity index (χ1v) is 6.54. The maximum absolute atomic E-state index is 12.8. The zero-order valence-electron chi connectivity index (χ0n) is 11.0. The number of hydrogen-bond donors (Lipinski definition) is 0. The molecule has 0 radical (unpaired) electrons. The Kier molecular flexibility index (Phi) is 1.83. The molecule has 0 saturated carbocycles. The van der Waals surface area contributed by atoms with Gasteiger partial charge in [0.05, 0.1) is 25.3 Å². The molecule has 2 saturated heterocycles. The maximum Gasteiger partial charge on any atom is 0.236 e. The Bertz CT molecular complexity index is 507. The summed E-state index contributed by atoms with van der Waals surface area (Å²) in [4.78, 5) is 29.1. The van der Waals surface area contributed by atoms with Gasteiger partial charge in [0.1, 0.15) is 10.8 Å². The molecule has 2 spiro atoms. The Hall–Kier alpha value is -1.62. The smallest absolute Gasteiger partial charge is 0.236 e. The first-order chi connectivity index (χ1) is 9.03. The summed E-state index contributed by atoms with van der Waals surface area (Å²) in [5, 5.41) is 0. The molecule has 5 nitrogen and oxygen atoms in total. The maximum atomic E-state index is 12.8. The molecule has 1 aliphatic carbocycles. The molecule has 4 bridgehead atoms. The van der Waals surface area contributed by atoms with E-state index in [1.807, 2.05) is 26.2 Å². The Morgan fingerprint density at radius 1 is 1.00 bits per heavy atom. The van der Waals surface area contributed by atoms with E-state index < -0.39 is 10.8 Å². The predicted molar refractivity (Wildman–Crippen MR) is 67.1 cm³/mol. The van der Waals surface area contributed by atoms with Crippen LogP contribution in [0.25, 0.3) is 0 Å². The Labute approximate surface area is 111 Å². The van der Waals surface area contributed by atoms with Gasteiger partial charge in [0, 0.05) is 14.1 Å². The average molecular weight is 260 g/mol. The Morgan fingerprint density at radius 3 is 1.84 bits per heavy atom. The number of ether oxygens (including phenoxy) is 1. The minimum Gasteiger partial charge on any atom is -0.378 e. The van der Waals surface area contributed by atoms with Crippen molar-refractivity contribution in [1.82, 2.24) is 9.80 Å². The lowest BCUT2D eigenvalue weighted by Crippen LogP contribution is -2.69. The molecule has 6 aliphatic heterocycles. The number of nitrogens with zero attached hydrogens (tertiary/aromatic N) is 2. The van der Waals surface area contributed by atoms with Crippen LogP contribution in [0.5, 0.6) is 0 Å². The van der Waals surface area contributed by atoms with Crippen molar-refractivity contribution in [3.05, 3.63) is 24.3 Å². The third-order valence-electron chi connectivity index (χ3n) is 5.26. The van der Waals surface area contributed by atoms with Crippen molar-refractivity contribution in [2.45, 2.75) is 12.1 Å². The molecule has 2 amide bonds. The van der Waals surface area contributed by atoms with E-state index in [-0.39, 0.29) is 37.1 Å². The number of carbonyl (C=O) groups excluding carboxylic acids is 2. The highest BCUT2D eigenvalue weighted by Gasteiger charge is 2.68. The molecule has 0 aromatic rings. The molecule has 0 N–H and O–H groups in total. The van der Waals surface area contributed by atoms with Crippen LogP contribution in [0.3, 0.4) is 0 Å². The fraction of sp³-hybridized carbons (Fsp3) is 0.571. The number of carbonyl (C=O) groups is 2. The van der Waals surface area contributed by atoms with Crippen LogP contribution in [0.15, 0.2) is 24.3 Å². The van der Waals surface area contributed by atoms with E-state index in [1.165, 1.54) is 0 Å². The molecule has 100 valence electrons. The molecule has 0 unspecified atom stereocenters. The Morgan fingerprint density at radius 2 is 1.42 bits per heavy atom. The highest BCUT2D eigenvalue weighted by atomic mass is 16.5. The van der Waals surface area contributed by atoms with Gasteiger partial charge in [0.15, 0.2) is 0 Å². The van der Waals surface area contributed by atoms with Crippen molar-refractivity contribution in [2.75, 3.05) is 27.3 Å². The second kappa shape index (κ2) is 3.10. The van der Waals surface area contributed by atoms with Crippen molar-refractivity contribution in [3.8, 4) is 0 Å². The van der Waals surface area contributed by atoms with E-state index in [1.54, 1.807) is 9.80 Å². The lowest BCUT2D eigenvalue weighted by atomic mass is 9.59. The molecule has 7 aliphatic rings. The largest absolute Gasteiger partial charge is 0.378 e. The van der Waals surface area contributed by atoms with Crippen molar-refractivity contribution in [3.63, 3.8) is 0 Å². The van der Waals surface area contributed by atoms with Crippen LogP contribution < -0.4 is 0 Å². The summed E-state index contributed by atoms with van der Waals surface area (Å²) in [5.41, 5.74) is -1.71. The summed E-state index contributed by atoms with van der Waals surface area (Å²) in [6.07, 6.45) is 7.96. The molecule has 4 atom stereocenters. The van der Waals surface area contributed by atoms with E-state index in [0.29, 0.717) is 0 Å².